The van der Waals surface area contributed by atoms with E-state index in [9.17, 15) is 28.5 Å². The smallest absolute Gasteiger partial charge is 0.341 e. The minimum atomic E-state index is -4.92. The zero-order valence-electron chi connectivity index (χ0n) is 22.8. The van der Waals surface area contributed by atoms with Crippen molar-refractivity contribution in [3.63, 3.8) is 0 Å². The summed E-state index contributed by atoms with van der Waals surface area (Å²) in [4.78, 5) is 43.4. The Hall–Kier alpha value is -2.28. The number of hydrogen-bond donors (Lipinski definition) is 2. The molecule has 0 aliphatic rings. The Morgan fingerprint density at radius 3 is 2.05 bits per heavy atom. The second-order valence-corrected chi connectivity index (χ2v) is 14.7. The number of hydrogen-bond acceptors (Lipinski definition) is 7. The molecule has 2 aromatic carbocycles. The second-order valence-electron chi connectivity index (χ2n) is 9.68. The Bertz CT molecular complexity index is 1210. The average Bonchev–Trinajstić information content (AvgIpc) is 2.83. The maximum absolute atomic E-state index is 14.5. The van der Waals surface area contributed by atoms with Gasteiger partial charge >= 0.3 is 19.5 Å². The Morgan fingerprint density at radius 2 is 1.55 bits per heavy atom. The van der Waals surface area contributed by atoms with Crippen LogP contribution in [0.15, 0.2) is 48.5 Å². The lowest BCUT2D eigenvalue weighted by molar-refractivity contribution is -0.146. The van der Waals surface area contributed by atoms with E-state index >= 15 is 0 Å². The summed E-state index contributed by atoms with van der Waals surface area (Å²) in [5, 5.41) is 0.0722. The fourth-order valence-electron chi connectivity index (χ4n) is 4.59. The van der Waals surface area contributed by atoms with Crippen molar-refractivity contribution in [2.45, 2.75) is 77.7 Å². The first-order valence-corrected chi connectivity index (χ1v) is 15.7. The van der Waals surface area contributed by atoms with Gasteiger partial charge < -0.3 is 23.8 Å². The molecular formula is C27H38O9P2. The Kier molecular flexibility index (Phi) is 10.7. The van der Waals surface area contributed by atoms with Crippen LogP contribution in [0.4, 0.5) is 0 Å². The van der Waals surface area contributed by atoms with E-state index in [-0.39, 0.29) is 43.5 Å². The van der Waals surface area contributed by atoms with E-state index in [0.29, 0.717) is 5.56 Å². The maximum atomic E-state index is 14.5. The normalized spacial score (nSPS) is 14.0. The number of carbonyl (C=O) groups excluding carboxylic acids is 2. The molecular weight excluding hydrogens is 530 g/mol. The molecule has 0 aromatic heterocycles. The standard InChI is InChI=1S/C27H38O9P2/c1-7-27(8-2,38(31,32)33)37(30,35-9-3)22-15-16-24(36-20(4)28)23(17-22)26(5,6)18-25(29)34-19-21-13-11-10-12-14-21/h10-17H,7-9,18-19H2,1-6H3,(H2,31,32,33). The lowest BCUT2D eigenvalue weighted by Crippen LogP contribution is -2.34. The molecule has 0 radical (unpaired) electrons. The number of benzene rings is 2. The van der Waals surface area contributed by atoms with Crippen molar-refractivity contribution < 1.29 is 42.5 Å². The van der Waals surface area contributed by atoms with E-state index in [1.807, 2.05) is 30.3 Å². The molecule has 1 atom stereocenters. The number of ether oxygens (including phenoxy) is 2. The predicted octanol–water partition coefficient (Wildman–Crippen LogP) is 5.66. The molecule has 9 nitrogen and oxygen atoms in total. The molecule has 0 bridgehead atoms. The minimum Gasteiger partial charge on any atom is -0.461 e. The summed E-state index contributed by atoms with van der Waals surface area (Å²) in [6.45, 7) is 9.48. The molecule has 0 fully saturated rings. The van der Waals surface area contributed by atoms with Gasteiger partial charge in [0.2, 0.25) is 7.37 Å². The monoisotopic (exact) mass is 568 g/mol. The van der Waals surface area contributed by atoms with Gasteiger partial charge in [-0.05, 0) is 43.5 Å². The fraction of sp³-hybridized carbons (Fsp3) is 0.481. The van der Waals surface area contributed by atoms with Gasteiger partial charge in [0.25, 0.3) is 0 Å². The second kappa shape index (κ2) is 12.7. The first-order valence-electron chi connectivity index (χ1n) is 12.5. The molecule has 0 aliphatic carbocycles. The highest BCUT2D eigenvalue weighted by atomic mass is 31.2. The van der Waals surface area contributed by atoms with Crippen molar-refractivity contribution in [3.05, 3.63) is 59.7 Å². The van der Waals surface area contributed by atoms with Gasteiger partial charge in [0.15, 0.2) is 4.90 Å². The fourth-order valence-corrected chi connectivity index (χ4v) is 9.94. The summed E-state index contributed by atoms with van der Waals surface area (Å²) in [6.07, 6.45) is -0.301. The van der Waals surface area contributed by atoms with Crippen molar-refractivity contribution in [2.24, 2.45) is 0 Å². The third-order valence-electron chi connectivity index (χ3n) is 6.65. The van der Waals surface area contributed by atoms with Crippen LogP contribution in [0.2, 0.25) is 0 Å². The molecule has 2 aromatic rings. The third-order valence-corrected chi connectivity index (χ3v) is 13.2. The molecule has 0 aliphatic heterocycles. The SMILES string of the molecule is CCOP(=O)(c1ccc(OC(C)=O)c(C(C)(C)CC(=O)OCc2ccccc2)c1)C(CC)(CC)P(=O)(O)O. The van der Waals surface area contributed by atoms with Crippen molar-refractivity contribution in [3.8, 4) is 5.75 Å². The summed E-state index contributed by atoms with van der Waals surface area (Å²) < 4.78 is 43.8. The van der Waals surface area contributed by atoms with Crippen molar-refractivity contribution in [1.29, 1.82) is 0 Å². The van der Waals surface area contributed by atoms with E-state index in [0.717, 1.165) is 5.56 Å². The van der Waals surface area contributed by atoms with Gasteiger partial charge in [0, 0.05) is 23.2 Å². The Morgan fingerprint density at radius 1 is 0.947 bits per heavy atom. The van der Waals surface area contributed by atoms with Gasteiger partial charge in [-0.2, -0.15) is 0 Å². The quantitative estimate of drug-likeness (QED) is 0.178. The van der Waals surface area contributed by atoms with Gasteiger partial charge in [0.05, 0.1) is 13.0 Å². The van der Waals surface area contributed by atoms with Crippen LogP contribution < -0.4 is 10.0 Å². The van der Waals surface area contributed by atoms with Crippen LogP contribution in [0.3, 0.4) is 0 Å². The highest BCUT2D eigenvalue weighted by Gasteiger charge is 2.59. The molecule has 0 spiro atoms. The summed E-state index contributed by atoms with van der Waals surface area (Å²) >= 11 is 0. The predicted molar refractivity (Wildman–Crippen MR) is 146 cm³/mol. The zero-order chi connectivity index (χ0) is 28.8. The molecule has 0 amide bonds. The average molecular weight is 569 g/mol. The number of esters is 2. The van der Waals surface area contributed by atoms with Crippen LogP contribution in [-0.2, 0) is 40.0 Å². The number of carbonyl (C=O) groups is 2. The Labute approximate surface area is 224 Å². The molecule has 11 heteroatoms. The van der Waals surface area contributed by atoms with E-state index in [4.69, 9.17) is 14.0 Å². The van der Waals surface area contributed by atoms with Crippen molar-refractivity contribution >= 4 is 32.2 Å². The molecule has 210 valence electrons. The van der Waals surface area contributed by atoms with Crippen molar-refractivity contribution in [1.82, 2.24) is 0 Å². The molecule has 38 heavy (non-hydrogen) atoms. The molecule has 0 saturated carbocycles. The molecule has 0 heterocycles. The van der Waals surface area contributed by atoms with Gasteiger partial charge in [-0.25, -0.2) is 0 Å². The summed E-state index contributed by atoms with van der Waals surface area (Å²) in [6, 6.07) is 13.5. The molecule has 1 unspecified atom stereocenters. The maximum Gasteiger partial charge on any atom is 0.341 e. The molecule has 2 N–H and O–H groups in total. The topological polar surface area (TPSA) is 136 Å². The lowest BCUT2D eigenvalue weighted by atomic mass is 9.81. The third kappa shape index (κ3) is 6.83. The van der Waals surface area contributed by atoms with E-state index in [1.165, 1.54) is 25.1 Å². The van der Waals surface area contributed by atoms with Crippen LogP contribution >= 0.6 is 15.0 Å². The van der Waals surface area contributed by atoms with Crippen molar-refractivity contribution in [2.75, 3.05) is 6.61 Å². The highest BCUT2D eigenvalue weighted by Crippen LogP contribution is 2.75. The lowest BCUT2D eigenvalue weighted by Gasteiger charge is -2.39. The van der Waals surface area contributed by atoms with Gasteiger partial charge in [-0.1, -0.05) is 58.0 Å². The Balaban J connectivity index is 2.60. The van der Waals surface area contributed by atoms with Gasteiger partial charge in [0.1, 0.15) is 12.4 Å². The molecule has 0 saturated heterocycles. The van der Waals surface area contributed by atoms with Crippen LogP contribution in [0.5, 0.6) is 5.75 Å². The van der Waals surface area contributed by atoms with Gasteiger partial charge in [-0.3, -0.25) is 18.7 Å². The molecule has 2 rings (SSSR count). The number of rotatable bonds is 13. The first-order chi connectivity index (χ1) is 17.7. The summed E-state index contributed by atoms with van der Waals surface area (Å²) in [5.41, 5.74) is 0.204. The van der Waals surface area contributed by atoms with Gasteiger partial charge in [-0.15, -0.1) is 0 Å². The van der Waals surface area contributed by atoms with E-state index in [2.05, 4.69) is 0 Å². The largest absolute Gasteiger partial charge is 0.461 e. The summed E-state index contributed by atoms with van der Waals surface area (Å²) in [5.74, 6) is -0.959. The van der Waals surface area contributed by atoms with Crippen LogP contribution in [0.1, 0.15) is 71.9 Å². The van der Waals surface area contributed by atoms with Crippen LogP contribution in [0.25, 0.3) is 0 Å². The van der Waals surface area contributed by atoms with Crippen LogP contribution in [-0.4, -0.2) is 33.2 Å². The zero-order valence-corrected chi connectivity index (χ0v) is 24.6. The van der Waals surface area contributed by atoms with E-state index < -0.39 is 37.2 Å². The highest BCUT2D eigenvalue weighted by molar-refractivity contribution is 7.80. The minimum absolute atomic E-state index is 0.0464. The first kappa shape index (κ1) is 31.9. The van der Waals surface area contributed by atoms with E-state index in [1.54, 1.807) is 34.6 Å². The van der Waals surface area contributed by atoms with Crippen LogP contribution in [0, 0.1) is 0 Å². The summed E-state index contributed by atoms with van der Waals surface area (Å²) in [7, 11) is -9.11.